The van der Waals surface area contributed by atoms with Crippen LogP contribution in [0.2, 0.25) is 5.02 Å². The van der Waals surface area contributed by atoms with E-state index in [0.717, 1.165) is 31.1 Å². The van der Waals surface area contributed by atoms with Crippen LogP contribution >= 0.6 is 11.6 Å². The summed E-state index contributed by atoms with van der Waals surface area (Å²) >= 11 is 5.97. The Hall–Kier alpha value is -1.85. The van der Waals surface area contributed by atoms with Crippen LogP contribution in [0.4, 0.5) is 0 Å². The number of benzene rings is 1. The van der Waals surface area contributed by atoms with E-state index < -0.39 is 6.10 Å². The van der Waals surface area contributed by atoms with Crippen LogP contribution in [-0.4, -0.2) is 38.6 Å². The number of aliphatic hydroxyl groups excluding tert-OH is 1. The maximum atomic E-state index is 12.6. The van der Waals surface area contributed by atoms with Gasteiger partial charge in [-0.1, -0.05) is 23.7 Å². The van der Waals surface area contributed by atoms with Crippen molar-refractivity contribution in [1.82, 2.24) is 14.5 Å². The second kappa shape index (κ2) is 7.41. The number of carbonyl (C=O) groups is 1. The topological polar surface area (TPSA) is 58.4 Å². The third-order valence-corrected chi connectivity index (χ3v) is 5.70. The van der Waals surface area contributed by atoms with Crippen LogP contribution in [0.5, 0.6) is 0 Å². The van der Waals surface area contributed by atoms with Crippen molar-refractivity contribution in [3.05, 3.63) is 53.1 Å². The summed E-state index contributed by atoms with van der Waals surface area (Å²) in [6.07, 6.45) is 7.23. The number of amides is 1. The minimum atomic E-state index is -1.15. The summed E-state index contributed by atoms with van der Waals surface area (Å²) < 4.78 is 2.29. The zero-order valence-corrected chi connectivity index (χ0v) is 15.5. The largest absolute Gasteiger partial charge is 0.378 e. The Labute approximate surface area is 158 Å². The molecule has 0 spiro atoms. The van der Waals surface area contributed by atoms with E-state index in [4.69, 9.17) is 11.6 Å². The number of hydrogen-bond donors (Lipinski definition) is 1. The molecule has 0 bridgehead atoms. The first-order valence-corrected chi connectivity index (χ1v) is 9.73. The molecule has 5 nitrogen and oxygen atoms in total. The molecule has 6 heteroatoms. The maximum absolute atomic E-state index is 12.6. The van der Waals surface area contributed by atoms with Crippen LogP contribution in [0.15, 0.2) is 36.7 Å². The van der Waals surface area contributed by atoms with Gasteiger partial charge in [0.1, 0.15) is 5.82 Å². The number of aliphatic hydroxyl groups is 1. The van der Waals surface area contributed by atoms with Gasteiger partial charge in [-0.15, -0.1) is 0 Å². The number of halogens is 1. The number of carbonyl (C=O) groups excluding carboxylic acids is 1. The summed E-state index contributed by atoms with van der Waals surface area (Å²) in [5, 5.41) is 10.9. The highest BCUT2D eigenvalue weighted by atomic mass is 35.5. The van der Waals surface area contributed by atoms with Gasteiger partial charge in [0.25, 0.3) is 5.91 Å². The van der Waals surface area contributed by atoms with Gasteiger partial charge in [0.05, 0.1) is 0 Å². The average molecular weight is 374 g/mol. The van der Waals surface area contributed by atoms with Gasteiger partial charge in [-0.3, -0.25) is 4.79 Å². The summed E-state index contributed by atoms with van der Waals surface area (Å²) in [5.74, 6) is 2.11. The van der Waals surface area contributed by atoms with Crippen molar-refractivity contribution in [3.8, 4) is 0 Å². The van der Waals surface area contributed by atoms with Gasteiger partial charge in [-0.25, -0.2) is 4.98 Å². The highest BCUT2D eigenvalue weighted by molar-refractivity contribution is 6.30. The molecule has 1 aromatic heterocycles. The highest BCUT2D eigenvalue weighted by Crippen LogP contribution is 2.33. The Bertz CT molecular complexity index is 779. The summed E-state index contributed by atoms with van der Waals surface area (Å²) in [6.45, 7) is 2.37. The molecule has 2 aromatic rings. The van der Waals surface area contributed by atoms with Gasteiger partial charge in [0, 0.05) is 43.0 Å². The molecule has 2 heterocycles. The van der Waals surface area contributed by atoms with Gasteiger partial charge in [-0.2, -0.15) is 0 Å². The van der Waals surface area contributed by atoms with Gasteiger partial charge >= 0.3 is 0 Å². The van der Waals surface area contributed by atoms with E-state index >= 15 is 0 Å². The molecular weight excluding hydrogens is 350 g/mol. The fourth-order valence-electron chi connectivity index (χ4n) is 3.76. The summed E-state index contributed by atoms with van der Waals surface area (Å²) in [6, 6.07) is 6.86. The van der Waals surface area contributed by atoms with Gasteiger partial charge in [0.15, 0.2) is 6.10 Å². The van der Waals surface area contributed by atoms with Gasteiger partial charge in [0.2, 0.25) is 0 Å². The standard InChI is InChI=1S/C20H24ClN3O2/c21-17-3-1-2-16(12-17)18(25)20(26)23-9-6-15(7-10-23)19-22-8-11-24(19)13-14-4-5-14/h1-3,8,11-12,14-15,18,25H,4-7,9-10,13H2/t18-/m0/s1. The molecule has 0 unspecified atom stereocenters. The smallest absolute Gasteiger partial charge is 0.256 e. The lowest BCUT2D eigenvalue weighted by Crippen LogP contribution is -2.41. The molecule has 26 heavy (non-hydrogen) atoms. The van der Waals surface area contributed by atoms with E-state index in [0.29, 0.717) is 29.6 Å². The van der Waals surface area contributed by atoms with Crippen LogP contribution in [0.1, 0.15) is 49.1 Å². The first-order chi connectivity index (χ1) is 12.6. The predicted octanol–water partition coefficient (Wildman–Crippen LogP) is 3.39. The molecule has 1 saturated carbocycles. The Kier molecular flexibility index (Phi) is 5.00. The molecule has 138 valence electrons. The monoisotopic (exact) mass is 373 g/mol. The molecule has 1 aromatic carbocycles. The summed E-state index contributed by atoms with van der Waals surface area (Å²) in [4.78, 5) is 19.0. The van der Waals surface area contributed by atoms with Crippen molar-refractivity contribution >= 4 is 17.5 Å². The lowest BCUT2D eigenvalue weighted by molar-refractivity contribution is -0.141. The summed E-state index contributed by atoms with van der Waals surface area (Å²) in [5.41, 5.74) is 0.546. The van der Waals surface area contributed by atoms with E-state index in [-0.39, 0.29) is 5.91 Å². The van der Waals surface area contributed by atoms with Crippen molar-refractivity contribution in [2.24, 2.45) is 5.92 Å². The molecule has 1 N–H and O–H groups in total. The van der Waals surface area contributed by atoms with Crippen LogP contribution in [0, 0.1) is 5.92 Å². The summed E-state index contributed by atoms with van der Waals surface area (Å²) in [7, 11) is 0. The number of imidazole rings is 1. The Morgan fingerprint density at radius 3 is 2.73 bits per heavy atom. The molecule has 2 aliphatic rings. The third kappa shape index (κ3) is 3.79. The van der Waals surface area contributed by atoms with Gasteiger partial charge in [-0.05, 0) is 49.3 Å². The van der Waals surface area contributed by atoms with E-state index in [1.165, 1.54) is 12.8 Å². The van der Waals surface area contributed by atoms with Crippen LogP contribution in [0.25, 0.3) is 0 Å². The minimum absolute atomic E-state index is 0.243. The number of aromatic nitrogens is 2. The van der Waals surface area contributed by atoms with E-state index in [2.05, 4.69) is 15.7 Å². The second-order valence-corrected chi connectivity index (χ2v) is 7.87. The molecule has 0 radical (unpaired) electrons. The molecule has 1 aliphatic heterocycles. The van der Waals surface area contributed by atoms with Crippen molar-refractivity contribution < 1.29 is 9.90 Å². The quantitative estimate of drug-likeness (QED) is 0.874. The second-order valence-electron chi connectivity index (χ2n) is 7.44. The normalized spacial score (nSPS) is 19.5. The van der Waals surface area contributed by atoms with Crippen molar-refractivity contribution in [1.29, 1.82) is 0 Å². The number of rotatable bonds is 5. The first kappa shape index (κ1) is 17.6. The third-order valence-electron chi connectivity index (χ3n) is 5.47. The number of nitrogens with zero attached hydrogens (tertiary/aromatic N) is 3. The van der Waals surface area contributed by atoms with E-state index in [9.17, 15) is 9.90 Å². The molecular formula is C20H24ClN3O2. The maximum Gasteiger partial charge on any atom is 0.256 e. The average Bonchev–Trinajstić information content (AvgIpc) is 3.36. The zero-order chi connectivity index (χ0) is 18.1. The predicted molar refractivity (Wildman–Crippen MR) is 99.9 cm³/mol. The van der Waals surface area contributed by atoms with Crippen LogP contribution in [-0.2, 0) is 11.3 Å². The zero-order valence-electron chi connectivity index (χ0n) is 14.7. The Morgan fingerprint density at radius 2 is 2.04 bits per heavy atom. The van der Waals surface area contributed by atoms with Crippen molar-refractivity contribution in [2.75, 3.05) is 13.1 Å². The molecule has 1 amide bonds. The molecule has 1 aliphatic carbocycles. The SMILES string of the molecule is O=C([C@@H](O)c1cccc(Cl)c1)N1CCC(c2nccn2CC2CC2)CC1. The minimum Gasteiger partial charge on any atom is -0.378 e. The van der Waals surface area contributed by atoms with Gasteiger partial charge < -0.3 is 14.6 Å². The highest BCUT2D eigenvalue weighted by Gasteiger charge is 2.31. The lowest BCUT2D eigenvalue weighted by atomic mass is 9.95. The number of likely N-dealkylation sites (tertiary alicyclic amines) is 1. The van der Waals surface area contributed by atoms with E-state index in [1.807, 2.05) is 6.20 Å². The number of piperidine rings is 1. The molecule has 2 fully saturated rings. The van der Waals surface area contributed by atoms with Crippen molar-refractivity contribution in [3.63, 3.8) is 0 Å². The van der Waals surface area contributed by atoms with Crippen LogP contribution < -0.4 is 0 Å². The molecule has 1 saturated heterocycles. The fraction of sp³-hybridized carbons (Fsp3) is 0.500. The number of hydrogen-bond acceptors (Lipinski definition) is 3. The fourth-order valence-corrected chi connectivity index (χ4v) is 3.96. The first-order valence-electron chi connectivity index (χ1n) is 9.35. The molecule has 4 rings (SSSR count). The van der Waals surface area contributed by atoms with Crippen molar-refractivity contribution in [2.45, 2.75) is 44.2 Å². The van der Waals surface area contributed by atoms with Crippen LogP contribution in [0.3, 0.4) is 0 Å². The Morgan fingerprint density at radius 1 is 1.27 bits per heavy atom. The Balaban J connectivity index is 1.37. The lowest BCUT2D eigenvalue weighted by Gasteiger charge is -2.33. The molecule has 1 atom stereocenters. The van der Waals surface area contributed by atoms with E-state index in [1.54, 1.807) is 29.2 Å².